The second kappa shape index (κ2) is 7.83. The highest BCUT2D eigenvalue weighted by Gasteiger charge is 2.45. The molecule has 0 bridgehead atoms. The van der Waals surface area contributed by atoms with Crippen LogP contribution in [0.3, 0.4) is 0 Å². The third-order valence-corrected chi connectivity index (χ3v) is 4.77. The van der Waals surface area contributed by atoms with Crippen molar-refractivity contribution in [2.24, 2.45) is 5.92 Å². The fourth-order valence-corrected chi connectivity index (χ4v) is 3.56. The van der Waals surface area contributed by atoms with Crippen LogP contribution in [0.25, 0.3) is 0 Å². The lowest BCUT2D eigenvalue weighted by atomic mass is 9.94. The Morgan fingerprint density at radius 1 is 1.15 bits per heavy atom. The van der Waals surface area contributed by atoms with Gasteiger partial charge in [-0.15, -0.1) is 0 Å². The first kappa shape index (κ1) is 17.7. The predicted octanol–water partition coefficient (Wildman–Crippen LogP) is 3.08. The van der Waals surface area contributed by atoms with Crippen LogP contribution < -0.4 is 0 Å². The molecule has 0 saturated carbocycles. The second-order valence-electron chi connectivity index (χ2n) is 6.34. The number of hydrogen-bond donors (Lipinski definition) is 0. The Hall–Kier alpha value is -3.13. The number of nitriles is 1. The maximum Gasteiger partial charge on any atom is 0.305 e. The summed E-state index contributed by atoms with van der Waals surface area (Å²) in [5.74, 6) is -0.890. The number of carbonyl (C=O) groups is 2. The monoisotopic (exact) mass is 348 g/mol. The van der Waals surface area contributed by atoms with Gasteiger partial charge in [-0.1, -0.05) is 60.7 Å². The Bertz CT molecular complexity index is 775. The first-order valence-electron chi connectivity index (χ1n) is 8.53. The van der Waals surface area contributed by atoms with Crippen molar-refractivity contribution in [2.45, 2.75) is 24.9 Å². The molecular formula is C21H20N2O3. The van der Waals surface area contributed by atoms with E-state index in [0.717, 1.165) is 11.1 Å². The number of benzene rings is 2. The number of rotatable bonds is 5. The van der Waals surface area contributed by atoms with Gasteiger partial charge in [0.2, 0.25) is 5.91 Å². The molecule has 26 heavy (non-hydrogen) atoms. The van der Waals surface area contributed by atoms with Crippen molar-refractivity contribution < 1.29 is 14.3 Å². The number of amides is 1. The zero-order valence-electron chi connectivity index (χ0n) is 14.5. The van der Waals surface area contributed by atoms with Crippen LogP contribution in [0, 0.1) is 17.2 Å². The highest BCUT2D eigenvalue weighted by Crippen LogP contribution is 2.38. The van der Waals surface area contributed by atoms with Gasteiger partial charge in [0.05, 0.1) is 25.6 Å². The number of hydrogen-bond acceptors (Lipinski definition) is 4. The summed E-state index contributed by atoms with van der Waals surface area (Å²) in [6, 6.07) is 20.5. The molecule has 0 unspecified atom stereocenters. The smallest absolute Gasteiger partial charge is 0.305 e. The number of nitrogens with zero attached hydrogens (tertiary/aromatic N) is 2. The van der Waals surface area contributed by atoms with Crippen molar-refractivity contribution in [3.63, 3.8) is 0 Å². The molecule has 1 aliphatic rings. The van der Waals surface area contributed by atoms with Gasteiger partial charge in [-0.2, -0.15) is 5.26 Å². The summed E-state index contributed by atoms with van der Waals surface area (Å²) in [5.41, 5.74) is 1.87. The van der Waals surface area contributed by atoms with Gasteiger partial charge in [-0.05, 0) is 11.1 Å². The SMILES string of the molecule is COC(=O)C[C@H]1CC(=O)N(C(c2ccccc2)c2ccccc2)[C@H]1C#N. The average molecular weight is 348 g/mol. The van der Waals surface area contributed by atoms with E-state index in [9.17, 15) is 14.9 Å². The van der Waals surface area contributed by atoms with E-state index in [1.165, 1.54) is 7.11 Å². The molecule has 1 heterocycles. The Balaban J connectivity index is 2.02. The van der Waals surface area contributed by atoms with Crippen LogP contribution in [-0.2, 0) is 14.3 Å². The zero-order chi connectivity index (χ0) is 18.5. The van der Waals surface area contributed by atoms with E-state index in [4.69, 9.17) is 4.74 Å². The molecule has 5 nitrogen and oxygen atoms in total. The van der Waals surface area contributed by atoms with Gasteiger partial charge in [-0.25, -0.2) is 0 Å². The Morgan fingerprint density at radius 3 is 2.15 bits per heavy atom. The molecule has 2 aromatic rings. The molecule has 2 aromatic carbocycles. The second-order valence-corrected chi connectivity index (χ2v) is 6.34. The van der Waals surface area contributed by atoms with E-state index in [1.54, 1.807) is 4.90 Å². The Labute approximate surface area is 152 Å². The highest BCUT2D eigenvalue weighted by atomic mass is 16.5. The number of ether oxygens (including phenoxy) is 1. The lowest BCUT2D eigenvalue weighted by molar-refractivity contribution is -0.141. The van der Waals surface area contributed by atoms with E-state index in [-0.39, 0.29) is 30.7 Å². The summed E-state index contributed by atoms with van der Waals surface area (Å²) >= 11 is 0. The molecule has 2 atom stereocenters. The molecule has 1 saturated heterocycles. The van der Waals surface area contributed by atoms with Crippen molar-refractivity contribution in [3.05, 3.63) is 71.8 Å². The fourth-order valence-electron chi connectivity index (χ4n) is 3.56. The molecule has 132 valence electrons. The summed E-state index contributed by atoms with van der Waals surface area (Å²) < 4.78 is 4.73. The van der Waals surface area contributed by atoms with E-state index in [2.05, 4.69) is 6.07 Å². The maximum atomic E-state index is 12.8. The van der Waals surface area contributed by atoms with Gasteiger partial charge in [0.15, 0.2) is 0 Å². The molecule has 0 spiro atoms. The molecule has 1 amide bonds. The van der Waals surface area contributed by atoms with Crippen LogP contribution in [0.1, 0.15) is 30.0 Å². The largest absolute Gasteiger partial charge is 0.469 e. The first-order valence-corrected chi connectivity index (χ1v) is 8.53. The molecule has 3 rings (SSSR count). The van der Waals surface area contributed by atoms with Gasteiger partial charge in [0, 0.05) is 12.3 Å². The number of likely N-dealkylation sites (tertiary alicyclic amines) is 1. The highest BCUT2D eigenvalue weighted by molar-refractivity contribution is 5.82. The van der Waals surface area contributed by atoms with Crippen molar-refractivity contribution in [1.29, 1.82) is 5.26 Å². The molecule has 1 aliphatic heterocycles. The van der Waals surface area contributed by atoms with E-state index >= 15 is 0 Å². The van der Waals surface area contributed by atoms with Crippen molar-refractivity contribution >= 4 is 11.9 Å². The van der Waals surface area contributed by atoms with Gasteiger partial charge in [0.1, 0.15) is 6.04 Å². The molecular weight excluding hydrogens is 328 g/mol. The Morgan fingerprint density at radius 2 is 1.69 bits per heavy atom. The molecule has 0 aliphatic carbocycles. The summed E-state index contributed by atoms with van der Waals surface area (Å²) in [7, 11) is 1.31. The number of carbonyl (C=O) groups excluding carboxylic acids is 2. The topological polar surface area (TPSA) is 70.4 Å². The van der Waals surface area contributed by atoms with Crippen molar-refractivity contribution in [1.82, 2.24) is 4.90 Å². The standard InChI is InChI=1S/C21H20N2O3/c1-26-20(25)13-17-12-19(24)23(18(17)14-22)21(15-8-4-2-5-9-15)16-10-6-3-7-11-16/h2-11,17-18,21H,12-13H2,1H3/t17-,18+/m1/s1. The number of methoxy groups -OCH3 is 1. The minimum absolute atomic E-state index is 0.0628. The van der Waals surface area contributed by atoms with Crippen molar-refractivity contribution in [2.75, 3.05) is 7.11 Å². The third-order valence-electron chi connectivity index (χ3n) is 4.77. The third kappa shape index (κ3) is 3.45. The van der Waals surface area contributed by atoms with Gasteiger partial charge in [-0.3, -0.25) is 9.59 Å². The van der Waals surface area contributed by atoms with E-state index in [1.807, 2.05) is 60.7 Å². The van der Waals surface area contributed by atoms with Crippen LogP contribution >= 0.6 is 0 Å². The van der Waals surface area contributed by atoms with E-state index < -0.39 is 12.0 Å². The number of esters is 1. The zero-order valence-corrected chi connectivity index (χ0v) is 14.5. The first-order chi connectivity index (χ1) is 12.7. The van der Waals surface area contributed by atoms with Crippen LogP contribution in [0.5, 0.6) is 0 Å². The minimum Gasteiger partial charge on any atom is -0.469 e. The quantitative estimate of drug-likeness (QED) is 0.779. The van der Waals surface area contributed by atoms with Crippen LogP contribution in [0.15, 0.2) is 60.7 Å². The lowest BCUT2D eigenvalue weighted by Gasteiger charge is -2.32. The molecule has 0 N–H and O–H groups in total. The van der Waals surface area contributed by atoms with Crippen LogP contribution in [-0.4, -0.2) is 29.9 Å². The normalized spacial score (nSPS) is 19.4. The summed E-state index contributed by atoms with van der Waals surface area (Å²) in [6.45, 7) is 0. The summed E-state index contributed by atoms with van der Waals surface area (Å²) in [6.07, 6.45) is 0.233. The summed E-state index contributed by atoms with van der Waals surface area (Å²) in [4.78, 5) is 26.1. The Kier molecular flexibility index (Phi) is 5.33. The molecule has 1 fully saturated rings. The molecule has 0 aromatic heterocycles. The van der Waals surface area contributed by atoms with Gasteiger partial charge in [0.25, 0.3) is 0 Å². The average Bonchev–Trinajstić information content (AvgIpc) is 2.98. The predicted molar refractivity (Wildman–Crippen MR) is 95.7 cm³/mol. The molecule has 0 radical (unpaired) electrons. The van der Waals surface area contributed by atoms with E-state index in [0.29, 0.717) is 0 Å². The van der Waals surface area contributed by atoms with Crippen LogP contribution in [0.4, 0.5) is 0 Å². The molecule has 5 heteroatoms. The minimum atomic E-state index is -0.674. The summed E-state index contributed by atoms with van der Waals surface area (Å²) in [5, 5.41) is 9.76. The fraction of sp³-hybridized carbons (Fsp3) is 0.286. The van der Waals surface area contributed by atoms with Gasteiger partial charge < -0.3 is 9.64 Å². The van der Waals surface area contributed by atoms with Crippen LogP contribution in [0.2, 0.25) is 0 Å². The van der Waals surface area contributed by atoms with Gasteiger partial charge >= 0.3 is 5.97 Å². The lowest BCUT2D eigenvalue weighted by Crippen LogP contribution is -2.38. The maximum absolute atomic E-state index is 12.8. The van der Waals surface area contributed by atoms with Crippen molar-refractivity contribution in [3.8, 4) is 6.07 Å².